The molecule has 0 spiro atoms. The van der Waals surface area contributed by atoms with E-state index in [4.69, 9.17) is 4.74 Å². The van der Waals surface area contributed by atoms with Crippen molar-refractivity contribution in [2.45, 2.75) is 32.2 Å². The predicted octanol–water partition coefficient (Wildman–Crippen LogP) is 2.73. The number of anilines is 1. The second-order valence-corrected chi connectivity index (χ2v) is 9.62. The monoisotopic (exact) mass is 435 g/mol. The second-order valence-electron chi connectivity index (χ2n) is 9.62. The average Bonchev–Trinajstić information content (AvgIpc) is 3.62. The minimum absolute atomic E-state index is 0.235. The number of rotatable bonds is 7. The Morgan fingerprint density at radius 1 is 1.19 bits per heavy atom. The van der Waals surface area contributed by atoms with Crippen LogP contribution in [0.25, 0.3) is 0 Å². The van der Waals surface area contributed by atoms with Gasteiger partial charge in [0.2, 0.25) is 11.9 Å². The molecule has 7 nitrogen and oxygen atoms in total. The lowest BCUT2D eigenvalue weighted by atomic mass is 9.74. The Kier molecular flexibility index (Phi) is 6.00. The summed E-state index contributed by atoms with van der Waals surface area (Å²) in [5, 5.41) is 3.31. The molecule has 0 bridgehead atoms. The summed E-state index contributed by atoms with van der Waals surface area (Å²) >= 11 is 0. The number of amides is 1. The summed E-state index contributed by atoms with van der Waals surface area (Å²) < 4.78 is 5.30. The summed E-state index contributed by atoms with van der Waals surface area (Å²) in [6.45, 7) is 5.16. The molecule has 1 aromatic carbocycles. The standard InChI is InChI=1S/C25H33N5O2/c1-32-22-8-6-20(7-9-22)15-29-13-2-10-25(23(31)28-14-19-4-5-19)18-30(17-21(25)16-29)24-26-11-3-12-27-24/h3,6-9,11-12,19,21H,2,4-5,10,13-18H2,1H3,(H,28,31)/t21-,25+/m0/s1. The van der Waals surface area contributed by atoms with E-state index in [1.807, 2.05) is 18.2 Å². The Bertz CT molecular complexity index is 918. The van der Waals surface area contributed by atoms with Gasteiger partial charge in [-0.25, -0.2) is 9.97 Å². The van der Waals surface area contributed by atoms with Gasteiger partial charge in [0.15, 0.2) is 0 Å². The lowest BCUT2D eigenvalue weighted by Gasteiger charge is -2.32. The topological polar surface area (TPSA) is 70.6 Å². The van der Waals surface area contributed by atoms with Crippen molar-refractivity contribution < 1.29 is 9.53 Å². The molecule has 2 atom stereocenters. The molecular weight excluding hydrogens is 402 g/mol. The molecule has 2 aliphatic heterocycles. The molecule has 1 aliphatic carbocycles. The number of aromatic nitrogens is 2. The van der Waals surface area contributed by atoms with Crippen molar-refractivity contribution in [1.29, 1.82) is 0 Å². The first kappa shape index (κ1) is 21.2. The van der Waals surface area contributed by atoms with Crippen LogP contribution in [0.2, 0.25) is 0 Å². The second kappa shape index (κ2) is 9.06. The zero-order chi connectivity index (χ0) is 22.0. The van der Waals surface area contributed by atoms with E-state index >= 15 is 0 Å². The number of ether oxygens (including phenoxy) is 1. The quantitative estimate of drug-likeness (QED) is 0.721. The molecule has 0 radical (unpaired) electrons. The number of fused-ring (bicyclic) bond motifs is 1. The highest BCUT2D eigenvalue weighted by Crippen LogP contribution is 2.44. The molecule has 1 amide bonds. The maximum atomic E-state index is 13.6. The Morgan fingerprint density at radius 3 is 2.69 bits per heavy atom. The van der Waals surface area contributed by atoms with Gasteiger partial charge in [-0.1, -0.05) is 12.1 Å². The molecule has 5 rings (SSSR count). The Hall–Kier alpha value is -2.67. The van der Waals surface area contributed by atoms with E-state index in [1.165, 1.54) is 18.4 Å². The van der Waals surface area contributed by atoms with Crippen LogP contribution in [-0.2, 0) is 11.3 Å². The van der Waals surface area contributed by atoms with E-state index in [-0.39, 0.29) is 17.2 Å². The van der Waals surface area contributed by atoms with Gasteiger partial charge < -0.3 is 15.0 Å². The van der Waals surface area contributed by atoms with Gasteiger partial charge in [-0.2, -0.15) is 0 Å². The third kappa shape index (κ3) is 4.44. The fraction of sp³-hybridized carbons (Fsp3) is 0.560. The number of carbonyl (C=O) groups is 1. The summed E-state index contributed by atoms with van der Waals surface area (Å²) in [5.74, 6) is 2.79. The average molecular weight is 436 g/mol. The van der Waals surface area contributed by atoms with E-state index in [2.05, 4.69) is 37.2 Å². The van der Waals surface area contributed by atoms with Crippen LogP contribution in [0.5, 0.6) is 5.75 Å². The maximum Gasteiger partial charge on any atom is 0.228 e. The van der Waals surface area contributed by atoms with Crippen molar-refractivity contribution in [1.82, 2.24) is 20.2 Å². The lowest BCUT2D eigenvalue weighted by molar-refractivity contribution is -0.132. The van der Waals surface area contributed by atoms with Crippen LogP contribution in [-0.4, -0.2) is 60.6 Å². The Morgan fingerprint density at radius 2 is 1.97 bits per heavy atom. The molecule has 32 heavy (non-hydrogen) atoms. The summed E-state index contributed by atoms with van der Waals surface area (Å²) in [7, 11) is 1.69. The van der Waals surface area contributed by atoms with Gasteiger partial charge in [-0.05, 0) is 61.9 Å². The van der Waals surface area contributed by atoms with Crippen molar-refractivity contribution in [2.75, 3.05) is 44.7 Å². The zero-order valence-electron chi connectivity index (χ0n) is 18.9. The zero-order valence-corrected chi connectivity index (χ0v) is 18.9. The molecule has 3 aliphatic rings. The molecule has 7 heteroatoms. The Labute approximate surface area is 190 Å². The van der Waals surface area contributed by atoms with Crippen molar-refractivity contribution in [3.8, 4) is 5.75 Å². The largest absolute Gasteiger partial charge is 0.497 e. The first-order valence-corrected chi connectivity index (χ1v) is 11.8. The van der Waals surface area contributed by atoms with E-state index in [0.717, 1.165) is 57.3 Å². The molecular formula is C25H33N5O2. The predicted molar refractivity (Wildman–Crippen MR) is 123 cm³/mol. The van der Waals surface area contributed by atoms with Gasteiger partial charge in [0, 0.05) is 51.0 Å². The number of methoxy groups -OCH3 is 1. The van der Waals surface area contributed by atoms with Crippen LogP contribution < -0.4 is 15.0 Å². The van der Waals surface area contributed by atoms with Crippen molar-refractivity contribution >= 4 is 11.9 Å². The van der Waals surface area contributed by atoms with Gasteiger partial charge in [-0.15, -0.1) is 0 Å². The number of nitrogens with zero attached hydrogens (tertiary/aromatic N) is 4. The maximum absolute atomic E-state index is 13.6. The van der Waals surface area contributed by atoms with Crippen LogP contribution in [0.15, 0.2) is 42.7 Å². The SMILES string of the molecule is COc1ccc(CN2CCC[C@@]3(C(=O)NCC4CC4)CN(c4ncccn4)C[C@@H]3C2)cc1. The fourth-order valence-corrected chi connectivity index (χ4v) is 5.36. The molecule has 3 fully saturated rings. The van der Waals surface area contributed by atoms with E-state index in [1.54, 1.807) is 19.5 Å². The van der Waals surface area contributed by atoms with Gasteiger partial charge >= 0.3 is 0 Å². The molecule has 1 saturated carbocycles. The van der Waals surface area contributed by atoms with Crippen LogP contribution in [0.3, 0.4) is 0 Å². The summed E-state index contributed by atoms with van der Waals surface area (Å²) in [6, 6.07) is 10.2. The first-order chi connectivity index (χ1) is 15.7. The van der Waals surface area contributed by atoms with E-state index < -0.39 is 0 Å². The number of benzene rings is 1. The van der Waals surface area contributed by atoms with Crippen molar-refractivity contribution in [3.63, 3.8) is 0 Å². The summed E-state index contributed by atoms with van der Waals surface area (Å²) in [4.78, 5) is 27.3. The van der Waals surface area contributed by atoms with Crippen LogP contribution in [0.1, 0.15) is 31.2 Å². The van der Waals surface area contributed by atoms with E-state index in [9.17, 15) is 4.79 Å². The normalized spacial score (nSPS) is 25.8. The fourth-order valence-electron chi connectivity index (χ4n) is 5.36. The molecule has 0 unspecified atom stereocenters. The summed E-state index contributed by atoms with van der Waals surface area (Å²) in [5.41, 5.74) is 0.903. The molecule has 3 heterocycles. The summed E-state index contributed by atoms with van der Waals surface area (Å²) in [6.07, 6.45) is 7.99. The minimum atomic E-state index is -0.372. The van der Waals surface area contributed by atoms with Crippen molar-refractivity contribution in [2.24, 2.45) is 17.3 Å². The highest BCUT2D eigenvalue weighted by molar-refractivity contribution is 5.84. The number of carbonyl (C=O) groups excluding carboxylic acids is 1. The van der Waals surface area contributed by atoms with Crippen molar-refractivity contribution in [3.05, 3.63) is 48.3 Å². The highest BCUT2D eigenvalue weighted by Gasteiger charge is 2.53. The number of likely N-dealkylation sites (tertiary alicyclic amines) is 1. The first-order valence-electron chi connectivity index (χ1n) is 11.8. The molecule has 1 N–H and O–H groups in total. The lowest BCUT2D eigenvalue weighted by Crippen LogP contribution is -2.48. The molecule has 2 aromatic rings. The third-order valence-corrected chi connectivity index (χ3v) is 7.37. The smallest absolute Gasteiger partial charge is 0.228 e. The third-order valence-electron chi connectivity index (χ3n) is 7.37. The molecule has 170 valence electrons. The number of hydrogen-bond donors (Lipinski definition) is 1. The number of hydrogen-bond acceptors (Lipinski definition) is 6. The van der Waals surface area contributed by atoms with Gasteiger partial charge in [0.1, 0.15) is 5.75 Å². The van der Waals surface area contributed by atoms with Crippen LogP contribution in [0, 0.1) is 17.3 Å². The minimum Gasteiger partial charge on any atom is -0.497 e. The van der Waals surface area contributed by atoms with E-state index in [0.29, 0.717) is 12.5 Å². The van der Waals surface area contributed by atoms with Gasteiger partial charge in [0.25, 0.3) is 0 Å². The van der Waals surface area contributed by atoms with Crippen LogP contribution >= 0.6 is 0 Å². The van der Waals surface area contributed by atoms with Gasteiger partial charge in [-0.3, -0.25) is 9.69 Å². The van der Waals surface area contributed by atoms with Gasteiger partial charge in [0.05, 0.1) is 12.5 Å². The molecule has 2 saturated heterocycles. The molecule has 1 aromatic heterocycles. The highest BCUT2D eigenvalue weighted by atomic mass is 16.5. The Balaban J connectivity index is 1.35. The number of nitrogens with one attached hydrogen (secondary N) is 1. The van der Waals surface area contributed by atoms with Crippen LogP contribution in [0.4, 0.5) is 5.95 Å².